The monoisotopic (exact) mass is 375 g/mol. The summed E-state index contributed by atoms with van der Waals surface area (Å²) in [6.45, 7) is 0.227. The van der Waals surface area contributed by atoms with E-state index in [4.69, 9.17) is 9.15 Å². The van der Waals surface area contributed by atoms with Gasteiger partial charge in [-0.3, -0.25) is 14.0 Å². The second-order valence-corrected chi connectivity index (χ2v) is 7.21. The zero-order chi connectivity index (χ0) is 18.6. The first-order valence-corrected chi connectivity index (χ1v) is 9.70. The van der Waals surface area contributed by atoms with Gasteiger partial charge in [0.05, 0.1) is 19.5 Å². The number of rotatable bonds is 7. The molecular formula is C18H17NO6S. The van der Waals surface area contributed by atoms with Gasteiger partial charge in [0, 0.05) is 30.4 Å². The van der Waals surface area contributed by atoms with E-state index in [1.165, 1.54) is 6.07 Å². The highest BCUT2D eigenvalue weighted by Gasteiger charge is 2.11. The molecule has 0 unspecified atom stereocenters. The Labute approximate surface area is 150 Å². The molecule has 0 fully saturated rings. The summed E-state index contributed by atoms with van der Waals surface area (Å²) in [5, 5.41) is 0.342. The topological polar surface area (TPSA) is 95.7 Å². The standard InChI is InChI=1S/C18H17NO6S/c1-26(21,22)24-11-3-10-23-15-4-2-5-16-18(15)14(20)12-17(25-16)13-6-8-19-9-7-13/h2,4-9,12H,3,10-11H2,1H3. The van der Waals surface area contributed by atoms with Crippen molar-refractivity contribution in [3.63, 3.8) is 0 Å². The van der Waals surface area contributed by atoms with Crippen LogP contribution in [0.15, 0.2) is 58.0 Å². The number of hydrogen-bond acceptors (Lipinski definition) is 7. The van der Waals surface area contributed by atoms with E-state index in [-0.39, 0.29) is 18.6 Å². The highest BCUT2D eigenvalue weighted by atomic mass is 32.2. The quantitative estimate of drug-likeness (QED) is 0.462. The molecule has 136 valence electrons. The van der Waals surface area contributed by atoms with E-state index in [1.54, 1.807) is 42.7 Å². The molecular weight excluding hydrogens is 358 g/mol. The number of pyridine rings is 1. The van der Waals surface area contributed by atoms with Gasteiger partial charge in [-0.25, -0.2) is 0 Å². The molecule has 0 N–H and O–H groups in total. The fraction of sp³-hybridized carbons (Fsp3) is 0.222. The minimum absolute atomic E-state index is 0.0183. The van der Waals surface area contributed by atoms with Crippen LogP contribution in [0.4, 0.5) is 0 Å². The Morgan fingerprint density at radius 3 is 2.62 bits per heavy atom. The normalized spacial score (nSPS) is 11.6. The molecule has 7 nitrogen and oxygen atoms in total. The number of nitrogens with zero attached hydrogens (tertiary/aromatic N) is 1. The van der Waals surface area contributed by atoms with Gasteiger partial charge in [-0.05, 0) is 24.3 Å². The van der Waals surface area contributed by atoms with E-state index in [0.29, 0.717) is 28.9 Å². The van der Waals surface area contributed by atoms with Crippen molar-refractivity contribution >= 4 is 21.1 Å². The molecule has 0 aliphatic heterocycles. The van der Waals surface area contributed by atoms with E-state index in [9.17, 15) is 13.2 Å². The van der Waals surface area contributed by atoms with Gasteiger partial charge < -0.3 is 9.15 Å². The lowest BCUT2D eigenvalue weighted by atomic mass is 10.1. The van der Waals surface area contributed by atoms with Crippen LogP contribution >= 0.6 is 0 Å². The molecule has 0 atom stereocenters. The molecule has 2 heterocycles. The van der Waals surface area contributed by atoms with Gasteiger partial charge >= 0.3 is 0 Å². The Kier molecular flexibility index (Phi) is 5.34. The van der Waals surface area contributed by atoms with Gasteiger partial charge in [0.1, 0.15) is 22.5 Å². The maximum absolute atomic E-state index is 12.6. The van der Waals surface area contributed by atoms with E-state index in [0.717, 1.165) is 11.8 Å². The summed E-state index contributed by atoms with van der Waals surface area (Å²) in [6.07, 6.45) is 4.60. The van der Waals surface area contributed by atoms with Crippen LogP contribution in [0.3, 0.4) is 0 Å². The number of hydrogen-bond donors (Lipinski definition) is 0. The predicted octanol–water partition coefficient (Wildman–Crippen LogP) is 2.60. The first-order valence-electron chi connectivity index (χ1n) is 7.88. The van der Waals surface area contributed by atoms with Crippen LogP contribution in [0.5, 0.6) is 5.75 Å². The first kappa shape index (κ1) is 18.1. The maximum atomic E-state index is 12.6. The summed E-state index contributed by atoms with van der Waals surface area (Å²) in [5.74, 6) is 0.834. The largest absolute Gasteiger partial charge is 0.493 e. The third kappa shape index (κ3) is 4.47. The summed E-state index contributed by atoms with van der Waals surface area (Å²) in [5.41, 5.74) is 0.943. The molecule has 3 rings (SSSR count). The van der Waals surface area contributed by atoms with Crippen molar-refractivity contribution < 1.29 is 21.8 Å². The highest BCUT2D eigenvalue weighted by molar-refractivity contribution is 7.85. The molecule has 8 heteroatoms. The Bertz CT molecular complexity index is 1060. The lowest BCUT2D eigenvalue weighted by Gasteiger charge is -2.09. The van der Waals surface area contributed by atoms with Gasteiger partial charge in [0.15, 0.2) is 5.43 Å². The minimum atomic E-state index is -3.47. The molecule has 3 aromatic rings. The zero-order valence-corrected chi connectivity index (χ0v) is 14.9. The van der Waals surface area contributed by atoms with E-state index in [2.05, 4.69) is 9.17 Å². The van der Waals surface area contributed by atoms with Crippen molar-refractivity contribution in [3.8, 4) is 17.1 Å². The lowest BCUT2D eigenvalue weighted by molar-refractivity contribution is 0.253. The third-order valence-electron chi connectivity index (χ3n) is 3.52. The van der Waals surface area contributed by atoms with Crippen molar-refractivity contribution in [1.29, 1.82) is 0 Å². The molecule has 0 spiro atoms. The van der Waals surface area contributed by atoms with E-state index >= 15 is 0 Å². The Morgan fingerprint density at radius 2 is 1.88 bits per heavy atom. The minimum Gasteiger partial charge on any atom is -0.493 e. The third-order valence-corrected chi connectivity index (χ3v) is 4.12. The zero-order valence-electron chi connectivity index (χ0n) is 14.0. The smallest absolute Gasteiger partial charge is 0.264 e. The molecule has 0 aliphatic carbocycles. The van der Waals surface area contributed by atoms with E-state index in [1.807, 2.05) is 0 Å². The average molecular weight is 375 g/mol. The van der Waals surface area contributed by atoms with Crippen LogP contribution in [-0.4, -0.2) is 32.9 Å². The summed E-state index contributed by atoms with van der Waals surface area (Å²) < 4.78 is 37.9. The predicted molar refractivity (Wildman–Crippen MR) is 96.6 cm³/mol. The summed E-state index contributed by atoms with van der Waals surface area (Å²) in [4.78, 5) is 16.5. The van der Waals surface area contributed by atoms with Crippen molar-refractivity contribution in [3.05, 3.63) is 59.0 Å². The van der Waals surface area contributed by atoms with E-state index < -0.39 is 10.1 Å². The van der Waals surface area contributed by atoms with Crippen molar-refractivity contribution in [1.82, 2.24) is 4.98 Å². The van der Waals surface area contributed by atoms with Gasteiger partial charge in [0.25, 0.3) is 10.1 Å². The second kappa shape index (κ2) is 7.67. The molecule has 0 saturated carbocycles. The summed E-state index contributed by atoms with van der Waals surface area (Å²) in [6, 6.07) is 10.0. The Morgan fingerprint density at radius 1 is 1.12 bits per heavy atom. The van der Waals surface area contributed by atoms with Crippen molar-refractivity contribution in [2.75, 3.05) is 19.5 Å². The average Bonchev–Trinajstić information content (AvgIpc) is 2.61. The van der Waals surface area contributed by atoms with Crippen LogP contribution in [0.25, 0.3) is 22.3 Å². The van der Waals surface area contributed by atoms with Crippen molar-refractivity contribution in [2.24, 2.45) is 0 Å². The molecule has 0 saturated heterocycles. The molecule has 26 heavy (non-hydrogen) atoms. The second-order valence-electron chi connectivity index (χ2n) is 5.57. The molecule has 0 aliphatic rings. The molecule has 1 aromatic carbocycles. The molecule has 2 aromatic heterocycles. The van der Waals surface area contributed by atoms with Gasteiger partial charge in [-0.2, -0.15) is 8.42 Å². The number of fused-ring (bicyclic) bond motifs is 1. The summed E-state index contributed by atoms with van der Waals surface area (Å²) in [7, 11) is -3.47. The van der Waals surface area contributed by atoms with Crippen LogP contribution < -0.4 is 10.2 Å². The van der Waals surface area contributed by atoms with Crippen LogP contribution in [0, 0.1) is 0 Å². The molecule has 0 bridgehead atoms. The SMILES string of the molecule is CS(=O)(=O)OCCCOc1cccc2oc(-c3ccncc3)cc(=O)c12. The lowest BCUT2D eigenvalue weighted by Crippen LogP contribution is -2.09. The number of ether oxygens (including phenoxy) is 1. The molecule has 0 amide bonds. The van der Waals surface area contributed by atoms with Crippen LogP contribution in [0.2, 0.25) is 0 Å². The summed E-state index contributed by atoms with van der Waals surface area (Å²) >= 11 is 0. The Balaban J connectivity index is 1.81. The van der Waals surface area contributed by atoms with Crippen LogP contribution in [0.1, 0.15) is 6.42 Å². The number of aromatic nitrogens is 1. The van der Waals surface area contributed by atoms with Gasteiger partial charge in [-0.15, -0.1) is 0 Å². The van der Waals surface area contributed by atoms with Gasteiger partial charge in [0.2, 0.25) is 0 Å². The highest BCUT2D eigenvalue weighted by Crippen LogP contribution is 2.27. The van der Waals surface area contributed by atoms with Gasteiger partial charge in [-0.1, -0.05) is 6.07 Å². The Hall–Kier alpha value is -2.71. The fourth-order valence-corrected chi connectivity index (χ4v) is 2.83. The van der Waals surface area contributed by atoms with Crippen molar-refractivity contribution in [2.45, 2.75) is 6.42 Å². The molecule has 0 radical (unpaired) electrons. The van der Waals surface area contributed by atoms with Crippen LogP contribution in [-0.2, 0) is 14.3 Å². The number of benzene rings is 1. The maximum Gasteiger partial charge on any atom is 0.264 e. The fourth-order valence-electron chi connectivity index (χ4n) is 2.41. The first-order chi connectivity index (χ1) is 12.4.